The van der Waals surface area contributed by atoms with Gasteiger partial charge in [-0.3, -0.25) is 9.59 Å². The van der Waals surface area contributed by atoms with Crippen molar-refractivity contribution in [2.45, 2.75) is 26.0 Å². The van der Waals surface area contributed by atoms with Gasteiger partial charge in [-0.05, 0) is 72.5 Å². The first-order valence-corrected chi connectivity index (χ1v) is 13.8. The number of aryl methyl sites for hydroxylation is 1. The highest BCUT2D eigenvalue weighted by Crippen LogP contribution is 2.41. The number of aliphatic hydroxyl groups is 1. The van der Waals surface area contributed by atoms with Crippen molar-refractivity contribution < 1.29 is 28.9 Å². The van der Waals surface area contributed by atoms with Crippen LogP contribution in [0.15, 0.2) is 109 Å². The second-order valence-corrected chi connectivity index (χ2v) is 10.1. The van der Waals surface area contributed by atoms with E-state index in [2.05, 4.69) is 0 Å². The van der Waals surface area contributed by atoms with Crippen LogP contribution in [0.5, 0.6) is 17.2 Å². The molecule has 1 unspecified atom stereocenters. The molecule has 0 aromatic heterocycles. The fourth-order valence-electron chi connectivity index (χ4n) is 5.09. The van der Waals surface area contributed by atoms with Gasteiger partial charge in [0.05, 0.1) is 11.6 Å². The highest BCUT2D eigenvalue weighted by Gasteiger charge is 2.46. The van der Waals surface area contributed by atoms with Gasteiger partial charge in [0, 0.05) is 25.8 Å². The maximum absolute atomic E-state index is 13.5. The summed E-state index contributed by atoms with van der Waals surface area (Å²) >= 11 is 0. The highest BCUT2D eigenvalue weighted by atomic mass is 16.5. The van der Waals surface area contributed by atoms with Gasteiger partial charge in [-0.2, -0.15) is 0 Å². The van der Waals surface area contributed by atoms with Crippen LogP contribution in [0.1, 0.15) is 34.7 Å². The van der Waals surface area contributed by atoms with Gasteiger partial charge in [0.15, 0.2) is 0 Å². The molecular weight excluding hydrogens is 530 g/mol. The monoisotopic (exact) mass is 563 g/mol. The molecule has 42 heavy (non-hydrogen) atoms. The van der Waals surface area contributed by atoms with E-state index in [1.54, 1.807) is 25.3 Å². The first kappa shape index (κ1) is 28.6. The average Bonchev–Trinajstić information content (AvgIpc) is 3.26. The molecule has 0 spiro atoms. The van der Waals surface area contributed by atoms with E-state index in [-0.39, 0.29) is 17.9 Å². The normalized spacial score (nSPS) is 16.0. The molecule has 1 aliphatic rings. The summed E-state index contributed by atoms with van der Waals surface area (Å²) in [6.07, 6.45) is 0.534. The van der Waals surface area contributed by atoms with Crippen molar-refractivity contribution in [3.8, 4) is 17.2 Å². The zero-order valence-corrected chi connectivity index (χ0v) is 23.7. The van der Waals surface area contributed by atoms with Crippen LogP contribution in [-0.4, -0.2) is 42.0 Å². The molecule has 7 heteroatoms. The van der Waals surface area contributed by atoms with Gasteiger partial charge in [0.2, 0.25) is 0 Å². The predicted molar refractivity (Wildman–Crippen MR) is 160 cm³/mol. The number of Topliss-reactive ketones (excluding diaryl/α,β-unsaturated/α-hetero) is 1. The number of nitrogens with zero attached hydrogens (tertiary/aromatic N) is 1. The molecule has 214 valence electrons. The Kier molecular flexibility index (Phi) is 8.99. The molecule has 4 aromatic rings. The number of methoxy groups -OCH3 is 1. The Morgan fingerprint density at radius 1 is 0.833 bits per heavy atom. The zero-order valence-electron chi connectivity index (χ0n) is 23.7. The molecule has 0 radical (unpaired) electrons. The lowest BCUT2D eigenvalue weighted by Gasteiger charge is -2.25. The fourth-order valence-corrected chi connectivity index (χ4v) is 5.09. The molecule has 1 fully saturated rings. The maximum Gasteiger partial charge on any atom is 0.295 e. The summed E-state index contributed by atoms with van der Waals surface area (Å²) in [5, 5.41) is 11.6. The minimum atomic E-state index is -0.797. The Morgan fingerprint density at radius 3 is 2.26 bits per heavy atom. The summed E-state index contributed by atoms with van der Waals surface area (Å²) in [6.45, 7) is 2.95. The van der Waals surface area contributed by atoms with Crippen LogP contribution in [0.3, 0.4) is 0 Å². The Bertz CT molecular complexity index is 1580. The summed E-state index contributed by atoms with van der Waals surface area (Å²) in [5.74, 6) is 0.233. The van der Waals surface area contributed by atoms with Crippen molar-refractivity contribution in [1.82, 2.24) is 4.90 Å². The maximum atomic E-state index is 13.5. The zero-order chi connectivity index (χ0) is 29.5. The second-order valence-electron chi connectivity index (χ2n) is 10.1. The van der Waals surface area contributed by atoms with E-state index < -0.39 is 17.7 Å². The summed E-state index contributed by atoms with van der Waals surface area (Å²) in [4.78, 5) is 28.3. The molecule has 5 rings (SSSR count). The number of hydrogen-bond donors (Lipinski definition) is 1. The van der Waals surface area contributed by atoms with E-state index in [1.165, 1.54) is 4.90 Å². The molecule has 0 bridgehead atoms. The number of hydrogen-bond acceptors (Lipinski definition) is 6. The predicted octanol–water partition coefficient (Wildman–Crippen LogP) is 6.82. The minimum Gasteiger partial charge on any atom is -0.507 e. The second kappa shape index (κ2) is 13.2. The van der Waals surface area contributed by atoms with Crippen molar-refractivity contribution in [2.75, 3.05) is 20.3 Å². The average molecular weight is 564 g/mol. The van der Waals surface area contributed by atoms with Crippen LogP contribution >= 0.6 is 0 Å². The molecule has 1 heterocycles. The third kappa shape index (κ3) is 6.37. The number of aliphatic hydroxyl groups excluding tert-OH is 1. The molecule has 4 aromatic carbocycles. The third-order valence-corrected chi connectivity index (χ3v) is 7.14. The Morgan fingerprint density at radius 2 is 1.55 bits per heavy atom. The molecule has 1 amide bonds. The van der Waals surface area contributed by atoms with Gasteiger partial charge in [-0.1, -0.05) is 60.7 Å². The standard InChI is InChI=1S/C35H33NO6/c1-24-21-28(41-23-25-11-5-3-6-12-25)17-18-30(24)33(37)31-32(36(19-10-20-40-2)35(39)34(31)38)26-13-9-16-29(22-26)42-27-14-7-4-8-15-27/h3-9,11-18,21-22,32,37H,10,19-20,23H2,1-2H3/b33-31+. The van der Waals surface area contributed by atoms with Crippen LogP contribution in [0.2, 0.25) is 0 Å². The van der Waals surface area contributed by atoms with Crippen molar-refractivity contribution in [3.63, 3.8) is 0 Å². The number of ether oxygens (including phenoxy) is 3. The largest absolute Gasteiger partial charge is 0.507 e. The topological polar surface area (TPSA) is 85.3 Å². The van der Waals surface area contributed by atoms with E-state index in [9.17, 15) is 14.7 Å². The van der Waals surface area contributed by atoms with Crippen LogP contribution in [0.4, 0.5) is 0 Å². The highest BCUT2D eigenvalue weighted by molar-refractivity contribution is 6.46. The van der Waals surface area contributed by atoms with Crippen molar-refractivity contribution in [1.29, 1.82) is 0 Å². The number of carbonyl (C=O) groups is 2. The Labute approximate surface area is 245 Å². The van der Waals surface area contributed by atoms with Gasteiger partial charge >= 0.3 is 0 Å². The van der Waals surface area contributed by atoms with E-state index >= 15 is 0 Å². The third-order valence-electron chi connectivity index (χ3n) is 7.14. The lowest BCUT2D eigenvalue weighted by Crippen LogP contribution is -2.31. The number of para-hydroxylation sites is 1. The SMILES string of the molecule is COCCCN1C(=O)C(=O)/C(=C(/O)c2ccc(OCc3ccccc3)cc2C)C1c1cccc(Oc2ccccc2)c1. The Hall–Kier alpha value is -4.88. The quantitative estimate of drug-likeness (QED) is 0.0933. The molecule has 7 nitrogen and oxygen atoms in total. The molecule has 1 atom stereocenters. The van der Waals surface area contributed by atoms with Crippen LogP contribution < -0.4 is 9.47 Å². The van der Waals surface area contributed by atoms with Crippen molar-refractivity contribution >= 4 is 17.4 Å². The molecule has 1 saturated heterocycles. The minimum absolute atomic E-state index is 0.0373. The number of amides is 1. The molecule has 0 saturated carbocycles. The van der Waals surface area contributed by atoms with Gasteiger partial charge in [-0.25, -0.2) is 0 Å². The molecular formula is C35H33NO6. The van der Waals surface area contributed by atoms with E-state index in [4.69, 9.17) is 14.2 Å². The van der Waals surface area contributed by atoms with E-state index in [0.29, 0.717) is 53.6 Å². The molecule has 1 aliphatic heterocycles. The lowest BCUT2D eigenvalue weighted by molar-refractivity contribution is -0.140. The first-order valence-electron chi connectivity index (χ1n) is 13.8. The Balaban J connectivity index is 1.50. The fraction of sp³-hybridized carbons (Fsp3) is 0.200. The number of likely N-dealkylation sites (tertiary alicyclic amines) is 1. The van der Waals surface area contributed by atoms with Crippen molar-refractivity contribution in [3.05, 3.63) is 131 Å². The summed E-state index contributed by atoms with van der Waals surface area (Å²) in [5.41, 5.74) is 2.90. The van der Waals surface area contributed by atoms with Gasteiger partial charge < -0.3 is 24.2 Å². The molecule has 1 N–H and O–H groups in total. The van der Waals surface area contributed by atoms with E-state index in [1.807, 2.05) is 91.9 Å². The van der Waals surface area contributed by atoms with Gasteiger partial charge in [0.1, 0.15) is 29.6 Å². The summed E-state index contributed by atoms with van der Waals surface area (Å²) < 4.78 is 17.2. The van der Waals surface area contributed by atoms with Gasteiger partial charge in [-0.15, -0.1) is 0 Å². The van der Waals surface area contributed by atoms with Gasteiger partial charge in [0.25, 0.3) is 11.7 Å². The number of rotatable bonds is 11. The smallest absolute Gasteiger partial charge is 0.295 e. The van der Waals surface area contributed by atoms with Crippen LogP contribution in [0, 0.1) is 6.92 Å². The summed E-state index contributed by atoms with van der Waals surface area (Å²) in [6, 6.07) is 30.9. The molecule has 0 aliphatic carbocycles. The number of ketones is 1. The summed E-state index contributed by atoms with van der Waals surface area (Å²) in [7, 11) is 1.59. The van der Waals surface area contributed by atoms with Crippen LogP contribution in [0.25, 0.3) is 5.76 Å². The van der Waals surface area contributed by atoms with Crippen molar-refractivity contribution in [2.24, 2.45) is 0 Å². The lowest BCUT2D eigenvalue weighted by atomic mass is 9.93. The number of carbonyl (C=O) groups excluding carboxylic acids is 2. The van der Waals surface area contributed by atoms with E-state index in [0.717, 1.165) is 5.56 Å². The number of benzene rings is 4. The first-order chi connectivity index (χ1) is 20.5. The van der Waals surface area contributed by atoms with Crippen LogP contribution in [-0.2, 0) is 20.9 Å².